The quantitative estimate of drug-likeness (QED) is 0.651. The molecule has 0 bridgehead atoms. The molecule has 1 saturated heterocycles. The molecule has 0 saturated carbocycles. The topological polar surface area (TPSA) is 70.7 Å². The second kappa shape index (κ2) is 9.44. The molecule has 8 heteroatoms. The number of hydrogen-bond donors (Lipinski definition) is 2. The Bertz CT molecular complexity index is 999. The van der Waals surface area contributed by atoms with Crippen LogP contribution in [0, 0.1) is 12.7 Å². The number of benzene rings is 2. The van der Waals surface area contributed by atoms with Crippen LogP contribution < -0.4 is 14.9 Å². The van der Waals surface area contributed by atoms with Gasteiger partial charge in [-0.05, 0) is 64.4 Å². The first kappa shape index (κ1) is 23.3. The van der Waals surface area contributed by atoms with Crippen LogP contribution in [0.25, 0.3) is 0 Å². The second-order valence-electron chi connectivity index (χ2n) is 8.48. The zero-order valence-electron chi connectivity index (χ0n) is 18.8. The van der Waals surface area contributed by atoms with Crippen LogP contribution in [-0.4, -0.2) is 39.0 Å². The molecule has 0 aliphatic carbocycles. The van der Waals surface area contributed by atoms with E-state index >= 15 is 4.39 Å². The Balaban J connectivity index is 1.66. The van der Waals surface area contributed by atoms with E-state index in [9.17, 15) is 8.42 Å². The van der Waals surface area contributed by atoms with Gasteiger partial charge in [-0.3, -0.25) is 4.72 Å². The molecule has 2 atom stereocenters. The third kappa shape index (κ3) is 5.68. The van der Waals surface area contributed by atoms with Gasteiger partial charge in [0, 0.05) is 36.6 Å². The van der Waals surface area contributed by atoms with E-state index in [1.54, 1.807) is 39.0 Å². The van der Waals surface area contributed by atoms with E-state index in [-0.39, 0.29) is 18.0 Å². The largest absolute Gasteiger partial charge is 0.379 e. The minimum atomic E-state index is -3.38. The lowest BCUT2D eigenvalue weighted by Gasteiger charge is -2.37. The molecule has 31 heavy (non-hydrogen) atoms. The first-order valence-electron chi connectivity index (χ1n) is 10.6. The predicted molar refractivity (Wildman–Crippen MR) is 125 cm³/mol. The molecular formula is C23H32FN3O3S. The van der Waals surface area contributed by atoms with Gasteiger partial charge in [-0.1, -0.05) is 12.1 Å². The van der Waals surface area contributed by atoms with Crippen LogP contribution in [0.15, 0.2) is 36.4 Å². The summed E-state index contributed by atoms with van der Waals surface area (Å²) in [6.45, 7) is 11.0. The zero-order chi connectivity index (χ0) is 22.8. The van der Waals surface area contributed by atoms with Crippen molar-refractivity contribution in [1.29, 1.82) is 0 Å². The van der Waals surface area contributed by atoms with Gasteiger partial charge < -0.3 is 15.0 Å². The molecule has 0 amide bonds. The Morgan fingerprint density at radius 3 is 2.29 bits per heavy atom. The SMILES string of the molecule is Cc1c(N2CC(C)OC(C)C2)ccc(NCc2ccc(NS(=O)(=O)C(C)C)cc2)c1F. The molecule has 0 aromatic heterocycles. The molecule has 2 aromatic carbocycles. The van der Waals surface area contributed by atoms with Gasteiger partial charge in [0.2, 0.25) is 10.0 Å². The summed E-state index contributed by atoms with van der Waals surface area (Å²) in [5.74, 6) is -0.259. The Kier molecular flexibility index (Phi) is 7.11. The molecule has 1 aliphatic rings. The molecule has 0 spiro atoms. The van der Waals surface area contributed by atoms with Crippen molar-refractivity contribution in [3.05, 3.63) is 53.3 Å². The normalized spacial score (nSPS) is 19.5. The molecule has 2 aromatic rings. The third-order valence-corrected chi connectivity index (χ3v) is 7.20. The van der Waals surface area contributed by atoms with E-state index in [1.165, 1.54) is 0 Å². The molecule has 1 aliphatic heterocycles. The van der Waals surface area contributed by atoms with Crippen LogP contribution in [0.3, 0.4) is 0 Å². The van der Waals surface area contributed by atoms with E-state index in [0.717, 1.165) is 24.3 Å². The number of sulfonamides is 1. The molecule has 1 fully saturated rings. The zero-order valence-corrected chi connectivity index (χ0v) is 19.6. The number of anilines is 3. The predicted octanol–water partition coefficient (Wildman–Crippen LogP) is 4.51. The number of halogens is 1. The van der Waals surface area contributed by atoms with Crippen molar-refractivity contribution in [1.82, 2.24) is 0 Å². The van der Waals surface area contributed by atoms with Crippen LogP contribution in [0.4, 0.5) is 21.5 Å². The molecule has 6 nitrogen and oxygen atoms in total. The maximum absolute atomic E-state index is 15.0. The maximum atomic E-state index is 15.0. The number of morpholine rings is 1. The first-order valence-corrected chi connectivity index (χ1v) is 12.2. The van der Waals surface area contributed by atoms with Crippen LogP contribution in [0.1, 0.15) is 38.8 Å². The Morgan fingerprint density at radius 2 is 1.71 bits per heavy atom. The van der Waals surface area contributed by atoms with Gasteiger partial charge in [-0.25, -0.2) is 12.8 Å². The lowest BCUT2D eigenvalue weighted by atomic mass is 10.1. The van der Waals surface area contributed by atoms with E-state index < -0.39 is 15.3 Å². The highest BCUT2D eigenvalue weighted by molar-refractivity contribution is 7.93. The summed E-state index contributed by atoms with van der Waals surface area (Å²) in [6, 6.07) is 10.8. The van der Waals surface area contributed by atoms with Crippen molar-refractivity contribution < 1.29 is 17.5 Å². The number of rotatable bonds is 7. The summed E-state index contributed by atoms with van der Waals surface area (Å²) < 4.78 is 47.3. The lowest BCUT2D eigenvalue weighted by molar-refractivity contribution is -0.00526. The minimum Gasteiger partial charge on any atom is -0.379 e. The van der Waals surface area contributed by atoms with Crippen molar-refractivity contribution in [2.75, 3.05) is 28.0 Å². The molecule has 0 radical (unpaired) electrons. The monoisotopic (exact) mass is 449 g/mol. The van der Waals surface area contributed by atoms with Crippen molar-refractivity contribution in [2.45, 2.75) is 58.6 Å². The van der Waals surface area contributed by atoms with Gasteiger partial charge >= 0.3 is 0 Å². The fourth-order valence-corrected chi connectivity index (χ4v) is 4.40. The second-order valence-corrected chi connectivity index (χ2v) is 10.7. The first-order chi connectivity index (χ1) is 14.6. The number of ether oxygens (including phenoxy) is 1. The fourth-order valence-electron chi connectivity index (χ4n) is 3.70. The number of hydrogen-bond acceptors (Lipinski definition) is 5. The Labute approximate surface area is 184 Å². The van der Waals surface area contributed by atoms with E-state index in [1.807, 2.05) is 32.0 Å². The smallest absolute Gasteiger partial charge is 0.235 e. The average Bonchev–Trinajstić information content (AvgIpc) is 2.69. The molecule has 2 unspecified atom stereocenters. The Hall–Kier alpha value is -2.32. The van der Waals surface area contributed by atoms with Gasteiger partial charge in [-0.2, -0.15) is 0 Å². The van der Waals surface area contributed by atoms with E-state index in [2.05, 4.69) is 14.9 Å². The fraction of sp³-hybridized carbons (Fsp3) is 0.478. The van der Waals surface area contributed by atoms with Gasteiger partial charge in [0.25, 0.3) is 0 Å². The molecule has 2 N–H and O–H groups in total. The van der Waals surface area contributed by atoms with Crippen LogP contribution in [0.5, 0.6) is 0 Å². The maximum Gasteiger partial charge on any atom is 0.235 e. The third-order valence-electron chi connectivity index (χ3n) is 5.44. The summed E-state index contributed by atoms with van der Waals surface area (Å²) in [7, 11) is -3.38. The highest BCUT2D eigenvalue weighted by atomic mass is 32.2. The van der Waals surface area contributed by atoms with Crippen LogP contribution >= 0.6 is 0 Å². The van der Waals surface area contributed by atoms with E-state index in [4.69, 9.17) is 4.74 Å². The molecule has 3 rings (SSSR count). The van der Waals surface area contributed by atoms with Gasteiger partial charge in [-0.15, -0.1) is 0 Å². The van der Waals surface area contributed by atoms with Crippen molar-refractivity contribution in [3.63, 3.8) is 0 Å². The average molecular weight is 450 g/mol. The van der Waals surface area contributed by atoms with Crippen LogP contribution in [-0.2, 0) is 21.3 Å². The van der Waals surface area contributed by atoms with Gasteiger partial charge in [0.1, 0.15) is 0 Å². The summed E-state index contributed by atoms with van der Waals surface area (Å²) >= 11 is 0. The summed E-state index contributed by atoms with van der Waals surface area (Å²) in [4.78, 5) is 2.18. The minimum absolute atomic E-state index is 0.108. The standard InChI is InChI=1S/C23H32FN3O3S/c1-15(2)31(28,29)26-20-8-6-19(7-9-20)12-25-21-10-11-22(18(5)23(21)24)27-13-16(3)30-17(4)14-27/h6-11,15-17,25-26H,12-14H2,1-5H3. The van der Waals surface area contributed by atoms with Crippen molar-refractivity contribution in [2.24, 2.45) is 0 Å². The molecular weight excluding hydrogens is 417 g/mol. The number of nitrogens with one attached hydrogen (secondary N) is 2. The highest BCUT2D eigenvalue weighted by Crippen LogP contribution is 2.30. The summed E-state index contributed by atoms with van der Waals surface area (Å²) in [5.41, 5.74) is 3.39. The summed E-state index contributed by atoms with van der Waals surface area (Å²) in [5, 5.41) is 2.64. The van der Waals surface area contributed by atoms with Gasteiger partial charge in [0.05, 0.1) is 23.1 Å². The van der Waals surface area contributed by atoms with Gasteiger partial charge in [0.15, 0.2) is 5.82 Å². The van der Waals surface area contributed by atoms with Crippen LogP contribution in [0.2, 0.25) is 0 Å². The lowest BCUT2D eigenvalue weighted by Crippen LogP contribution is -2.45. The summed E-state index contributed by atoms with van der Waals surface area (Å²) in [6.07, 6.45) is 0.217. The van der Waals surface area contributed by atoms with Crippen molar-refractivity contribution in [3.8, 4) is 0 Å². The molecule has 1 heterocycles. The van der Waals surface area contributed by atoms with E-state index in [0.29, 0.717) is 23.5 Å². The van der Waals surface area contributed by atoms with Crippen molar-refractivity contribution >= 4 is 27.1 Å². The molecule has 170 valence electrons. The highest BCUT2D eigenvalue weighted by Gasteiger charge is 2.24. The number of nitrogens with zero attached hydrogens (tertiary/aromatic N) is 1. The Morgan fingerprint density at radius 1 is 1.10 bits per heavy atom.